The van der Waals surface area contributed by atoms with Crippen molar-refractivity contribution in [2.45, 2.75) is 25.8 Å². The molecule has 1 atom stereocenters. The number of furan rings is 1. The van der Waals surface area contributed by atoms with Crippen molar-refractivity contribution in [3.05, 3.63) is 22.6 Å². The SMILES string of the molecule is CCOC(=O)CC[C@H](NC(=O)c1ccc(Br)o1)C(=O)O. The van der Waals surface area contributed by atoms with Gasteiger partial charge in [0.05, 0.1) is 6.61 Å². The Balaban J connectivity index is 2.57. The summed E-state index contributed by atoms with van der Waals surface area (Å²) >= 11 is 3.04. The highest BCUT2D eigenvalue weighted by Crippen LogP contribution is 2.14. The maximum absolute atomic E-state index is 11.7. The van der Waals surface area contributed by atoms with E-state index in [-0.39, 0.29) is 25.2 Å². The van der Waals surface area contributed by atoms with Crippen LogP contribution < -0.4 is 5.32 Å². The number of ether oxygens (including phenoxy) is 1. The summed E-state index contributed by atoms with van der Waals surface area (Å²) < 4.78 is 10.1. The number of nitrogens with one attached hydrogen (secondary N) is 1. The average Bonchev–Trinajstić information content (AvgIpc) is 2.81. The van der Waals surface area contributed by atoms with Crippen LogP contribution in [0.4, 0.5) is 0 Å². The van der Waals surface area contributed by atoms with Crippen LogP contribution in [0.3, 0.4) is 0 Å². The second-order valence-electron chi connectivity index (χ2n) is 3.81. The van der Waals surface area contributed by atoms with Crippen LogP contribution in [0, 0.1) is 0 Å². The zero-order chi connectivity index (χ0) is 15.1. The first-order chi connectivity index (χ1) is 9.43. The molecule has 110 valence electrons. The first kappa shape index (κ1) is 16.2. The topological polar surface area (TPSA) is 106 Å². The Morgan fingerprint density at radius 2 is 2.15 bits per heavy atom. The van der Waals surface area contributed by atoms with Crippen molar-refractivity contribution >= 4 is 33.8 Å². The van der Waals surface area contributed by atoms with Gasteiger partial charge in [0.1, 0.15) is 6.04 Å². The first-order valence-corrected chi connectivity index (χ1v) is 6.68. The molecule has 0 aromatic carbocycles. The molecule has 0 saturated heterocycles. The van der Waals surface area contributed by atoms with Gasteiger partial charge in [-0.25, -0.2) is 4.79 Å². The molecule has 7 nitrogen and oxygen atoms in total. The summed E-state index contributed by atoms with van der Waals surface area (Å²) in [6, 6.07) is 1.74. The van der Waals surface area contributed by atoms with E-state index >= 15 is 0 Å². The number of amides is 1. The molecule has 1 heterocycles. The predicted octanol–water partition coefficient (Wildman–Crippen LogP) is 1.57. The number of carbonyl (C=O) groups excluding carboxylic acids is 2. The van der Waals surface area contributed by atoms with Gasteiger partial charge in [-0.3, -0.25) is 9.59 Å². The second kappa shape index (κ2) is 7.68. The largest absolute Gasteiger partial charge is 0.480 e. The fourth-order valence-electron chi connectivity index (χ4n) is 1.42. The van der Waals surface area contributed by atoms with Crippen molar-refractivity contribution in [2.75, 3.05) is 6.61 Å². The van der Waals surface area contributed by atoms with Gasteiger partial charge >= 0.3 is 11.9 Å². The number of carboxylic acids is 1. The summed E-state index contributed by atoms with van der Waals surface area (Å²) in [6.45, 7) is 1.88. The van der Waals surface area contributed by atoms with E-state index in [1.807, 2.05) is 0 Å². The number of rotatable bonds is 7. The molecule has 0 aliphatic rings. The number of hydrogen-bond donors (Lipinski definition) is 2. The number of esters is 1. The molecule has 8 heteroatoms. The summed E-state index contributed by atoms with van der Waals surface area (Å²) in [5.41, 5.74) is 0. The van der Waals surface area contributed by atoms with Gasteiger partial charge in [-0.05, 0) is 41.4 Å². The van der Waals surface area contributed by atoms with E-state index in [0.717, 1.165) is 0 Å². The lowest BCUT2D eigenvalue weighted by atomic mass is 10.1. The lowest BCUT2D eigenvalue weighted by Gasteiger charge is -2.13. The fraction of sp³-hybridized carbons (Fsp3) is 0.417. The van der Waals surface area contributed by atoms with Crippen LogP contribution >= 0.6 is 15.9 Å². The van der Waals surface area contributed by atoms with Crippen LogP contribution in [-0.2, 0) is 14.3 Å². The molecule has 1 amide bonds. The standard InChI is InChI=1S/C12H14BrNO6/c1-2-19-10(15)6-3-7(12(17)18)14-11(16)8-4-5-9(13)20-8/h4-5,7H,2-3,6H2,1H3,(H,14,16)(H,17,18)/t7-/m0/s1. The first-order valence-electron chi connectivity index (χ1n) is 5.88. The molecule has 20 heavy (non-hydrogen) atoms. The Morgan fingerprint density at radius 1 is 1.45 bits per heavy atom. The molecule has 0 bridgehead atoms. The van der Waals surface area contributed by atoms with E-state index in [9.17, 15) is 14.4 Å². The highest BCUT2D eigenvalue weighted by Gasteiger charge is 2.23. The molecule has 0 spiro atoms. The number of hydrogen-bond acceptors (Lipinski definition) is 5. The maximum Gasteiger partial charge on any atom is 0.326 e. The van der Waals surface area contributed by atoms with Gasteiger partial charge in [0.2, 0.25) is 0 Å². The molecule has 1 rings (SSSR count). The molecule has 0 aliphatic heterocycles. The molecule has 0 saturated carbocycles. The minimum absolute atomic E-state index is 0.0146. The molecular weight excluding hydrogens is 334 g/mol. The van der Waals surface area contributed by atoms with Gasteiger partial charge in [0.25, 0.3) is 5.91 Å². The van der Waals surface area contributed by atoms with E-state index in [2.05, 4.69) is 21.2 Å². The van der Waals surface area contributed by atoms with Gasteiger partial charge in [0, 0.05) is 6.42 Å². The number of carbonyl (C=O) groups is 3. The monoisotopic (exact) mass is 347 g/mol. The third-order valence-electron chi connectivity index (χ3n) is 2.34. The van der Waals surface area contributed by atoms with E-state index < -0.39 is 23.9 Å². The number of carboxylic acid groups (broad SMARTS) is 1. The van der Waals surface area contributed by atoms with E-state index in [1.54, 1.807) is 6.92 Å². The van der Waals surface area contributed by atoms with Crippen LogP contribution in [0.25, 0.3) is 0 Å². The van der Waals surface area contributed by atoms with Crippen LogP contribution in [-0.4, -0.2) is 35.6 Å². The Bertz CT molecular complexity index is 498. The summed E-state index contributed by atoms with van der Waals surface area (Å²) in [7, 11) is 0. The smallest absolute Gasteiger partial charge is 0.326 e. The normalized spacial score (nSPS) is 11.7. The van der Waals surface area contributed by atoms with Gasteiger partial charge in [-0.15, -0.1) is 0 Å². The molecule has 0 aliphatic carbocycles. The van der Waals surface area contributed by atoms with Crippen molar-refractivity contribution < 1.29 is 28.6 Å². The number of halogens is 1. The summed E-state index contributed by atoms with van der Waals surface area (Å²) in [5.74, 6) is -2.41. The highest BCUT2D eigenvalue weighted by molar-refractivity contribution is 9.10. The Morgan fingerprint density at radius 3 is 2.65 bits per heavy atom. The molecule has 0 fully saturated rings. The van der Waals surface area contributed by atoms with E-state index in [4.69, 9.17) is 14.3 Å². The molecule has 1 aromatic heterocycles. The summed E-state index contributed by atoms with van der Waals surface area (Å²) in [6.07, 6.45) is -0.144. The van der Waals surface area contributed by atoms with Gasteiger partial charge < -0.3 is 19.6 Å². The summed E-state index contributed by atoms with van der Waals surface area (Å²) in [5, 5.41) is 11.3. The molecule has 0 radical (unpaired) electrons. The minimum atomic E-state index is -1.23. The van der Waals surface area contributed by atoms with Gasteiger partial charge in [-0.1, -0.05) is 0 Å². The maximum atomic E-state index is 11.7. The Hall–Kier alpha value is -1.83. The van der Waals surface area contributed by atoms with Crippen LogP contribution in [0.1, 0.15) is 30.3 Å². The van der Waals surface area contributed by atoms with Crippen molar-refractivity contribution in [1.29, 1.82) is 0 Å². The highest BCUT2D eigenvalue weighted by atomic mass is 79.9. The minimum Gasteiger partial charge on any atom is -0.480 e. The van der Waals surface area contributed by atoms with E-state index in [0.29, 0.717) is 4.67 Å². The van der Waals surface area contributed by atoms with Crippen molar-refractivity contribution in [3.8, 4) is 0 Å². The fourth-order valence-corrected chi connectivity index (χ4v) is 1.72. The molecule has 2 N–H and O–H groups in total. The quantitative estimate of drug-likeness (QED) is 0.725. The van der Waals surface area contributed by atoms with Gasteiger partial charge in [-0.2, -0.15) is 0 Å². The Kier molecular flexibility index (Phi) is 6.23. The third-order valence-corrected chi connectivity index (χ3v) is 2.77. The van der Waals surface area contributed by atoms with Gasteiger partial charge in [0.15, 0.2) is 10.4 Å². The third kappa shape index (κ3) is 5.04. The van der Waals surface area contributed by atoms with Crippen molar-refractivity contribution in [1.82, 2.24) is 5.32 Å². The Labute approximate surface area is 123 Å². The molecular formula is C12H14BrNO6. The lowest BCUT2D eigenvalue weighted by molar-refractivity contribution is -0.144. The zero-order valence-corrected chi connectivity index (χ0v) is 12.3. The average molecular weight is 348 g/mol. The second-order valence-corrected chi connectivity index (χ2v) is 4.59. The lowest BCUT2D eigenvalue weighted by Crippen LogP contribution is -2.41. The molecule has 1 aromatic rings. The van der Waals surface area contributed by atoms with E-state index in [1.165, 1.54) is 12.1 Å². The molecule has 0 unspecified atom stereocenters. The van der Waals surface area contributed by atoms with Crippen molar-refractivity contribution in [3.63, 3.8) is 0 Å². The number of aliphatic carboxylic acids is 1. The van der Waals surface area contributed by atoms with Crippen LogP contribution in [0.15, 0.2) is 21.2 Å². The zero-order valence-electron chi connectivity index (χ0n) is 10.7. The predicted molar refractivity (Wildman–Crippen MR) is 71.2 cm³/mol. The summed E-state index contributed by atoms with van der Waals surface area (Å²) in [4.78, 5) is 33.9. The van der Waals surface area contributed by atoms with Crippen molar-refractivity contribution in [2.24, 2.45) is 0 Å². The van der Waals surface area contributed by atoms with Crippen LogP contribution in [0.5, 0.6) is 0 Å². The van der Waals surface area contributed by atoms with Crippen LogP contribution in [0.2, 0.25) is 0 Å².